The highest BCUT2D eigenvalue weighted by Gasteiger charge is 2.17. The third-order valence-electron chi connectivity index (χ3n) is 2.21. The van der Waals surface area contributed by atoms with Gasteiger partial charge in [-0.3, -0.25) is 0 Å². The minimum atomic E-state index is -1.35. The van der Waals surface area contributed by atoms with Crippen molar-refractivity contribution >= 4 is 28.6 Å². The Hall–Kier alpha value is -1.63. The highest BCUT2D eigenvalue weighted by atomic mass is 127. The van der Waals surface area contributed by atoms with Crippen LogP contribution in [0.2, 0.25) is 0 Å². The predicted molar refractivity (Wildman–Crippen MR) is 72.6 cm³/mol. The number of benzene rings is 2. The van der Waals surface area contributed by atoms with Crippen molar-refractivity contribution < 1.29 is 19.0 Å². The Morgan fingerprint density at radius 2 is 1.94 bits per heavy atom. The molecule has 2 aromatic carbocycles. The third kappa shape index (κ3) is 2.79. The molecule has 0 aliphatic rings. The van der Waals surface area contributed by atoms with Gasteiger partial charge in [-0.15, -0.1) is 0 Å². The second-order valence-corrected chi connectivity index (χ2v) is 4.72. The monoisotopic (exact) mass is 358 g/mol. The summed E-state index contributed by atoms with van der Waals surface area (Å²) in [6.45, 7) is 0. The molecule has 0 heterocycles. The third-order valence-corrected chi connectivity index (χ3v) is 2.88. The average molecular weight is 358 g/mol. The molecule has 2 aromatic rings. The molecule has 2 rings (SSSR count). The Labute approximate surface area is 116 Å². The summed E-state index contributed by atoms with van der Waals surface area (Å²) >= 11 is 2.11. The maximum atomic E-state index is 13.4. The molecule has 3 nitrogen and oxygen atoms in total. The van der Waals surface area contributed by atoms with Crippen molar-refractivity contribution in [1.82, 2.24) is 0 Å². The van der Waals surface area contributed by atoms with Crippen LogP contribution in [-0.2, 0) is 0 Å². The van der Waals surface area contributed by atoms with Gasteiger partial charge in [0.05, 0.1) is 0 Å². The molecule has 0 amide bonds. The molecule has 0 fully saturated rings. The number of halogens is 2. The summed E-state index contributed by atoms with van der Waals surface area (Å²) in [6, 6.07) is 11.0. The molecule has 0 saturated heterocycles. The van der Waals surface area contributed by atoms with E-state index in [1.807, 2.05) is 6.07 Å². The van der Waals surface area contributed by atoms with E-state index in [1.165, 1.54) is 12.1 Å². The lowest BCUT2D eigenvalue weighted by Crippen LogP contribution is -2.03. The van der Waals surface area contributed by atoms with E-state index in [4.69, 9.17) is 9.84 Å². The molecule has 0 atom stereocenters. The van der Waals surface area contributed by atoms with Crippen molar-refractivity contribution in [3.63, 3.8) is 0 Å². The number of hydrogen-bond acceptors (Lipinski definition) is 2. The van der Waals surface area contributed by atoms with Gasteiger partial charge in [0, 0.05) is 3.57 Å². The van der Waals surface area contributed by atoms with Crippen molar-refractivity contribution in [1.29, 1.82) is 0 Å². The first-order valence-corrected chi connectivity index (χ1v) is 6.11. The summed E-state index contributed by atoms with van der Waals surface area (Å²) < 4.78 is 19.8. The van der Waals surface area contributed by atoms with Crippen molar-refractivity contribution in [3.05, 3.63) is 57.4 Å². The fourth-order valence-electron chi connectivity index (χ4n) is 1.45. The largest absolute Gasteiger partial charge is 0.477 e. The molecule has 1 N–H and O–H groups in total. The van der Waals surface area contributed by atoms with Gasteiger partial charge in [0.15, 0.2) is 0 Å². The second-order valence-electron chi connectivity index (χ2n) is 3.48. The van der Waals surface area contributed by atoms with Crippen LogP contribution >= 0.6 is 22.6 Å². The predicted octanol–water partition coefficient (Wildman–Crippen LogP) is 3.92. The first kappa shape index (κ1) is 12.8. The van der Waals surface area contributed by atoms with Gasteiger partial charge in [-0.2, -0.15) is 0 Å². The molecule has 0 aliphatic heterocycles. The molecule has 0 spiro atoms. The van der Waals surface area contributed by atoms with E-state index in [2.05, 4.69) is 22.6 Å². The van der Waals surface area contributed by atoms with Gasteiger partial charge in [-0.25, -0.2) is 9.18 Å². The van der Waals surface area contributed by atoms with E-state index in [9.17, 15) is 9.18 Å². The topological polar surface area (TPSA) is 46.5 Å². The van der Waals surface area contributed by atoms with E-state index in [1.54, 1.807) is 18.2 Å². The summed E-state index contributed by atoms with van der Waals surface area (Å²) in [6.07, 6.45) is 0. The molecule has 0 aliphatic carbocycles. The Kier molecular flexibility index (Phi) is 3.81. The highest BCUT2D eigenvalue weighted by molar-refractivity contribution is 14.1. The number of carboxylic acid groups (broad SMARTS) is 1. The Bertz CT molecular complexity index is 599. The zero-order valence-corrected chi connectivity index (χ0v) is 11.2. The number of rotatable bonds is 3. The molecule has 0 saturated carbocycles. The summed E-state index contributed by atoms with van der Waals surface area (Å²) in [7, 11) is 0. The minimum absolute atomic E-state index is 0.00972. The quantitative estimate of drug-likeness (QED) is 0.846. The van der Waals surface area contributed by atoms with Gasteiger partial charge in [0.2, 0.25) is 0 Å². The normalized spacial score (nSPS) is 10.1. The summed E-state index contributed by atoms with van der Waals surface area (Å²) in [5.74, 6) is -1.71. The van der Waals surface area contributed by atoms with E-state index in [-0.39, 0.29) is 5.75 Å². The molecular formula is C13H8FIO3. The number of ether oxygens (including phenoxy) is 1. The Morgan fingerprint density at radius 1 is 1.22 bits per heavy atom. The van der Waals surface area contributed by atoms with Crippen molar-refractivity contribution in [2.24, 2.45) is 0 Å². The lowest BCUT2D eigenvalue weighted by atomic mass is 10.2. The van der Waals surface area contributed by atoms with E-state index >= 15 is 0 Å². The standard InChI is InChI=1S/C13H8FIO3/c14-10-5-2-6-11(12(10)13(16)17)18-9-4-1-3-8(15)7-9/h1-7H,(H,16,17). The van der Waals surface area contributed by atoms with Crippen LogP contribution in [0.5, 0.6) is 11.5 Å². The number of aromatic carboxylic acids is 1. The molecule has 18 heavy (non-hydrogen) atoms. The molecule has 0 aromatic heterocycles. The van der Waals surface area contributed by atoms with E-state index in [0.29, 0.717) is 5.75 Å². The van der Waals surface area contributed by atoms with Crippen LogP contribution in [-0.4, -0.2) is 11.1 Å². The van der Waals surface area contributed by atoms with Crippen LogP contribution in [0, 0.1) is 9.39 Å². The second kappa shape index (κ2) is 5.34. The van der Waals surface area contributed by atoms with Crippen molar-refractivity contribution in [2.45, 2.75) is 0 Å². The van der Waals surface area contributed by atoms with E-state index < -0.39 is 17.3 Å². The summed E-state index contributed by atoms with van der Waals surface area (Å²) in [5, 5.41) is 8.96. The van der Waals surface area contributed by atoms with Crippen LogP contribution in [0.15, 0.2) is 42.5 Å². The fourth-order valence-corrected chi connectivity index (χ4v) is 1.97. The average Bonchev–Trinajstić information content (AvgIpc) is 2.28. The SMILES string of the molecule is O=C(O)c1c(F)cccc1Oc1cccc(I)c1. The van der Waals surface area contributed by atoms with Crippen LogP contribution in [0.3, 0.4) is 0 Å². The molecule has 0 bridgehead atoms. The van der Waals surface area contributed by atoms with Gasteiger partial charge < -0.3 is 9.84 Å². The van der Waals surface area contributed by atoms with Gasteiger partial charge in [-0.05, 0) is 52.9 Å². The fraction of sp³-hybridized carbons (Fsp3) is 0. The lowest BCUT2D eigenvalue weighted by molar-refractivity contribution is 0.0689. The highest BCUT2D eigenvalue weighted by Crippen LogP contribution is 2.27. The first-order chi connectivity index (χ1) is 8.58. The summed E-state index contributed by atoms with van der Waals surface area (Å²) in [5.41, 5.74) is -0.462. The van der Waals surface area contributed by atoms with Crippen molar-refractivity contribution in [2.75, 3.05) is 0 Å². The van der Waals surface area contributed by atoms with Crippen LogP contribution < -0.4 is 4.74 Å². The van der Waals surface area contributed by atoms with Gasteiger partial charge >= 0.3 is 5.97 Å². The van der Waals surface area contributed by atoms with Crippen LogP contribution in [0.25, 0.3) is 0 Å². The minimum Gasteiger partial charge on any atom is -0.477 e. The maximum Gasteiger partial charge on any atom is 0.342 e. The van der Waals surface area contributed by atoms with Crippen LogP contribution in [0.4, 0.5) is 4.39 Å². The molecular weight excluding hydrogens is 350 g/mol. The molecule has 0 radical (unpaired) electrons. The Balaban J connectivity index is 2.40. The Morgan fingerprint density at radius 3 is 2.61 bits per heavy atom. The number of carbonyl (C=O) groups is 1. The number of hydrogen-bond donors (Lipinski definition) is 1. The maximum absolute atomic E-state index is 13.4. The van der Waals surface area contributed by atoms with Crippen LogP contribution in [0.1, 0.15) is 10.4 Å². The zero-order valence-electron chi connectivity index (χ0n) is 9.06. The van der Waals surface area contributed by atoms with Gasteiger partial charge in [0.1, 0.15) is 22.9 Å². The molecule has 5 heteroatoms. The number of carboxylic acids is 1. The van der Waals surface area contributed by atoms with Crippen molar-refractivity contribution in [3.8, 4) is 11.5 Å². The first-order valence-electron chi connectivity index (χ1n) is 5.03. The molecule has 92 valence electrons. The zero-order chi connectivity index (χ0) is 13.1. The van der Waals surface area contributed by atoms with Gasteiger partial charge in [-0.1, -0.05) is 12.1 Å². The smallest absolute Gasteiger partial charge is 0.342 e. The summed E-state index contributed by atoms with van der Waals surface area (Å²) in [4.78, 5) is 11.0. The van der Waals surface area contributed by atoms with Gasteiger partial charge in [0.25, 0.3) is 0 Å². The van der Waals surface area contributed by atoms with E-state index in [0.717, 1.165) is 9.64 Å². The molecule has 0 unspecified atom stereocenters. The lowest BCUT2D eigenvalue weighted by Gasteiger charge is -2.09.